The summed E-state index contributed by atoms with van der Waals surface area (Å²) in [5, 5.41) is 14.8. The molecule has 144 valence electrons. The number of pyridine rings is 2. The van der Waals surface area contributed by atoms with Crippen LogP contribution < -0.4 is 5.73 Å². The first kappa shape index (κ1) is 19.3. The van der Waals surface area contributed by atoms with Gasteiger partial charge in [0.05, 0.1) is 35.4 Å². The van der Waals surface area contributed by atoms with Gasteiger partial charge in [0.1, 0.15) is 7.85 Å². The van der Waals surface area contributed by atoms with Gasteiger partial charge in [0.15, 0.2) is 5.82 Å². The number of benzene rings is 1. The molecular formula is C22H22BN5O. The normalized spacial score (nSPS) is 13.5. The highest BCUT2D eigenvalue weighted by molar-refractivity contribution is 6.15. The topological polar surface area (TPSA) is 89.8 Å². The molecule has 0 aliphatic rings. The molecule has 2 radical (unpaired) electrons. The van der Waals surface area contributed by atoms with E-state index >= 15 is 0 Å². The van der Waals surface area contributed by atoms with E-state index in [1.165, 1.54) is 0 Å². The summed E-state index contributed by atoms with van der Waals surface area (Å²) in [4.78, 5) is 9.18. The molecule has 6 nitrogen and oxygen atoms in total. The molecule has 0 fully saturated rings. The summed E-state index contributed by atoms with van der Waals surface area (Å²) in [6.45, 7) is 1.93. The Hall–Kier alpha value is -3.03. The van der Waals surface area contributed by atoms with E-state index < -0.39 is 5.44 Å². The number of aromatic nitrogens is 4. The molecule has 0 unspecified atom stereocenters. The smallest absolute Gasteiger partial charge is 0.154 e. The molecule has 0 bridgehead atoms. The molecule has 0 saturated heterocycles. The van der Waals surface area contributed by atoms with Crippen molar-refractivity contribution in [3.63, 3.8) is 0 Å². The van der Waals surface area contributed by atoms with Crippen LogP contribution in [0.15, 0.2) is 60.8 Å². The van der Waals surface area contributed by atoms with E-state index in [-0.39, 0.29) is 6.61 Å². The van der Waals surface area contributed by atoms with Crippen molar-refractivity contribution in [2.75, 3.05) is 0 Å². The van der Waals surface area contributed by atoms with Crippen LogP contribution in [0.4, 0.5) is 0 Å². The van der Waals surface area contributed by atoms with E-state index in [1.54, 1.807) is 16.9 Å². The van der Waals surface area contributed by atoms with E-state index in [0.717, 1.165) is 28.6 Å². The number of hydrogen-bond acceptors (Lipinski definition) is 5. The lowest BCUT2D eigenvalue weighted by atomic mass is 9.72. The van der Waals surface area contributed by atoms with Crippen molar-refractivity contribution in [1.29, 1.82) is 0 Å². The Kier molecular flexibility index (Phi) is 5.17. The Morgan fingerprint density at radius 2 is 1.93 bits per heavy atom. The van der Waals surface area contributed by atoms with E-state index in [1.807, 2.05) is 55.5 Å². The van der Waals surface area contributed by atoms with Crippen LogP contribution in [-0.4, -0.2) is 32.7 Å². The first-order valence-corrected chi connectivity index (χ1v) is 9.62. The summed E-state index contributed by atoms with van der Waals surface area (Å²) < 4.78 is 1.76. The highest BCUT2D eigenvalue weighted by atomic mass is 16.3. The minimum Gasteiger partial charge on any atom is -0.390 e. The quantitative estimate of drug-likeness (QED) is 0.500. The number of aliphatic hydroxyl groups excluding tert-OH is 1. The summed E-state index contributed by atoms with van der Waals surface area (Å²) in [6.07, 6.45) is 3.33. The average Bonchev–Trinajstić information content (AvgIpc) is 3.17. The van der Waals surface area contributed by atoms with Crippen molar-refractivity contribution in [3.8, 4) is 17.1 Å². The Morgan fingerprint density at radius 1 is 1.10 bits per heavy atom. The molecule has 0 saturated carbocycles. The number of fused-ring (bicyclic) bond motifs is 1. The van der Waals surface area contributed by atoms with Crippen molar-refractivity contribution in [2.45, 2.75) is 31.8 Å². The van der Waals surface area contributed by atoms with Crippen LogP contribution in [0.1, 0.15) is 31.2 Å². The summed E-state index contributed by atoms with van der Waals surface area (Å²) in [7, 11) is 6.27. The Morgan fingerprint density at radius 3 is 2.72 bits per heavy atom. The SMILES string of the molecule is [B][C@](N)(CCC)c1cccc(-c2ccc3cnn(-c4cccc(CO)n4)c3c2)n1. The average molecular weight is 383 g/mol. The van der Waals surface area contributed by atoms with Crippen LogP contribution >= 0.6 is 0 Å². The molecule has 7 heteroatoms. The van der Waals surface area contributed by atoms with Crippen molar-refractivity contribution in [2.24, 2.45) is 5.73 Å². The van der Waals surface area contributed by atoms with E-state index in [9.17, 15) is 5.11 Å². The second-order valence-corrected chi connectivity index (χ2v) is 7.17. The lowest BCUT2D eigenvalue weighted by Crippen LogP contribution is -2.37. The van der Waals surface area contributed by atoms with Crippen LogP contribution in [0.5, 0.6) is 0 Å². The number of nitrogens with two attached hydrogens (primary N) is 1. The zero-order valence-electron chi connectivity index (χ0n) is 16.3. The number of nitrogens with zero attached hydrogens (tertiary/aromatic N) is 4. The van der Waals surface area contributed by atoms with Gasteiger partial charge in [-0.05, 0) is 36.8 Å². The fraction of sp³-hybridized carbons (Fsp3) is 0.227. The molecule has 0 amide bonds. The van der Waals surface area contributed by atoms with E-state index in [0.29, 0.717) is 23.6 Å². The van der Waals surface area contributed by atoms with Crippen LogP contribution in [0.2, 0.25) is 0 Å². The Bertz CT molecular complexity index is 1150. The first-order chi connectivity index (χ1) is 14.0. The molecule has 0 aliphatic heterocycles. The Labute approximate surface area is 170 Å². The molecule has 1 atom stereocenters. The van der Waals surface area contributed by atoms with Crippen molar-refractivity contribution in [3.05, 3.63) is 72.2 Å². The van der Waals surface area contributed by atoms with Gasteiger partial charge in [-0.25, -0.2) is 9.67 Å². The van der Waals surface area contributed by atoms with Crippen molar-refractivity contribution < 1.29 is 5.11 Å². The maximum Gasteiger partial charge on any atom is 0.154 e. The van der Waals surface area contributed by atoms with Crippen LogP contribution in [0, 0.1) is 0 Å². The predicted molar refractivity (Wildman–Crippen MR) is 115 cm³/mol. The second kappa shape index (κ2) is 7.77. The molecule has 1 aromatic carbocycles. The van der Waals surface area contributed by atoms with Crippen molar-refractivity contribution >= 4 is 18.7 Å². The zero-order valence-corrected chi connectivity index (χ0v) is 16.3. The number of hydrogen-bond donors (Lipinski definition) is 2. The number of rotatable bonds is 6. The van der Waals surface area contributed by atoms with Crippen LogP contribution in [0.25, 0.3) is 28.0 Å². The van der Waals surface area contributed by atoms with Crippen LogP contribution in [-0.2, 0) is 12.0 Å². The van der Waals surface area contributed by atoms with Crippen molar-refractivity contribution in [1.82, 2.24) is 19.7 Å². The fourth-order valence-corrected chi connectivity index (χ4v) is 3.43. The highest BCUT2D eigenvalue weighted by Crippen LogP contribution is 2.27. The lowest BCUT2D eigenvalue weighted by Gasteiger charge is -2.24. The fourth-order valence-electron chi connectivity index (χ4n) is 3.43. The van der Waals surface area contributed by atoms with Gasteiger partial charge in [0.2, 0.25) is 0 Å². The molecule has 3 N–H and O–H groups in total. The monoisotopic (exact) mass is 383 g/mol. The van der Waals surface area contributed by atoms with Gasteiger partial charge in [0, 0.05) is 16.4 Å². The third-order valence-electron chi connectivity index (χ3n) is 4.93. The molecule has 0 spiro atoms. The predicted octanol–water partition coefficient (Wildman–Crippen LogP) is 3.05. The van der Waals surface area contributed by atoms with E-state index in [2.05, 4.69) is 10.1 Å². The largest absolute Gasteiger partial charge is 0.390 e. The lowest BCUT2D eigenvalue weighted by molar-refractivity contribution is 0.276. The van der Waals surface area contributed by atoms with Gasteiger partial charge < -0.3 is 10.8 Å². The van der Waals surface area contributed by atoms with Gasteiger partial charge in [-0.3, -0.25) is 4.98 Å². The molecule has 3 aromatic heterocycles. The minimum absolute atomic E-state index is 0.118. The molecule has 4 aromatic rings. The summed E-state index contributed by atoms with van der Waals surface area (Å²) in [6, 6.07) is 17.3. The third-order valence-corrected chi connectivity index (χ3v) is 4.93. The molecule has 29 heavy (non-hydrogen) atoms. The minimum atomic E-state index is -0.953. The third kappa shape index (κ3) is 3.79. The van der Waals surface area contributed by atoms with Gasteiger partial charge in [-0.15, -0.1) is 0 Å². The molecular weight excluding hydrogens is 361 g/mol. The van der Waals surface area contributed by atoms with E-state index in [4.69, 9.17) is 18.6 Å². The van der Waals surface area contributed by atoms with Gasteiger partial charge in [-0.2, -0.15) is 5.10 Å². The maximum atomic E-state index is 9.37. The summed E-state index contributed by atoms with van der Waals surface area (Å²) >= 11 is 0. The maximum absolute atomic E-state index is 9.37. The Balaban J connectivity index is 1.78. The van der Waals surface area contributed by atoms with Gasteiger partial charge >= 0.3 is 0 Å². The highest BCUT2D eigenvalue weighted by Gasteiger charge is 2.21. The van der Waals surface area contributed by atoms with Gasteiger partial charge in [-0.1, -0.05) is 37.6 Å². The zero-order chi connectivity index (χ0) is 20.4. The van der Waals surface area contributed by atoms with Crippen LogP contribution in [0.3, 0.4) is 0 Å². The summed E-state index contributed by atoms with van der Waals surface area (Å²) in [5.74, 6) is 0.649. The first-order valence-electron chi connectivity index (χ1n) is 9.62. The standard InChI is InChI=1S/C22H22BN5O/c1-2-11-22(23,24)20-7-4-6-18(27-20)15-9-10-16-13-25-28(19(16)12-15)21-8-3-5-17(14-29)26-21/h3-10,12-13,29H,2,11,14,24H2,1H3/t22-/m0/s1. The molecule has 4 rings (SSSR count). The molecule has 3 heterocycles. The molecule has 0 aliphatic carbocycles. The van der Waals surface area contributed by atoms with Gasteiger partial charge in [0.25, 0.3) is 0 Å². The second-order valence-electron chi connectivity index (χ2n) is 7.17. The number of aliphatic hydroxyl groups is 1. The summed E-state index contributed by atoms with van der Waals surface area (Å²) in [5.41, 5.74) is 9.21.